The first kappa shape index (κ1) is 16.7. The fraction of sp³-hybridized carbons (Fsp3) is 0.562. The van der Waals surface area contributed by atoms with Crippen LogP contribution in [0.2, 0.25) is 0 Å². The number of benzene rings is 1. The van der Waals surface area contributed by atoms with Gasteiger partial charge in [0.05, 0.1) is 11.7 Å². The van der Waals surface area contributed by atoms with E-state index in [1.165, 1.54) is 0 Å². The third-order valence-corrected chi connectivity index (χ3v) is 4.05. The first-order valence-electron chi connectivity index (χ1n) is 7.63. The molecule has 0 spiro atoms. The number of hydrogen-bond donors (Lipinski definition) is 3. The van der Waals surface area contributed by atoms with Gasteiger partial charge in [-0.15, -0.1) is 0 Å². The van der Waals surface area contributed by atoms with E-state index in [1.807, 2.05) is 0 Å². The summed E-state index contributed by atoms with van der Waals surface area (Å²) in [6.45, 7) is 4.70. The molecule has 5 nitrogen and oxygen atoms in total. The lowest BCUT2D eigenvalue weighted by Gasteiger charge is -2.31. The van der Waals surface area contributed by atoms with Gasteiger partial charge in [-0.25, -0.2) is 4.39 Å². The van der Waals surface area contributed by atoms with Crippen LogP contribution in [0.25, 0.3) is 0 Å². The predicted molar refractivity (Wildman–Crippen MR) is 81.2 cm³/mol. The number of likely N-dealkylation sites (tertiary alicyclic amines) is 1. The molecule has 1 unspecified atom stereocenters. The highest BCUT2D eigenvalue weighted by atomic mass is 19.1. The van der Waals surface area contributed by atoms with E-state index in [0.717, 1.165) is 50.0 Å². The maximum absolute atomic E-state index is 13.1. The molecule has 0 aromatic heterocycles. The van der Waals surface area contributed by atoms with Gasteiger partial charge in [0.15, 0.2) is 0 Å². The third-order valence-electron chi connectivity index (χ3n) is 4.05. The lowest BCUT2D eigenvalue weighted by Crippen LogP contribution is -2.43. The zero-order valence-corrected chi connectivity index (χ0v) is 12.8. The number of piperidine rings is 1. The number of rotatable bonds is 5. The maximum Gasteiger partial charge on any atom is 0.255 e. The van der Waals surface area contributed by atoms with Crippen LogP contribution in [0.1, 0.15) is 30.1 Å². The number of halogens is 1. The van der Waals surface area contributed by atoms with Crippen LogP contribution >= 0.6 is 0 Å². The topological polar surface area (TPSA) is 72.8 Å². The first-order chi connectivity index (χ1) is 10.5. The van der Waals surface area contributed by atoms with E-state index in [1.54, 1.807) is 0 Å². The van der Waals surface area contributed by atoms with Crippen molar-refractivity contribution in [2.24, 2.45) is 5.92 Å². The molecule has 0 saturated carbocycles. The second-order valence-corrected chi connectivity index (χ2v) is 6.01. The van der Waals surface area contributed by atoms with Gasteiger partial charge in [-0.2, -0.15) is 0 Å². The molecule has 22 heavy (non-hydrogen) atoms. The Labute approximate surface area is 129 Å². The van der Waals surface area contributed by atoms with Crippen molar-refractivity contribution in [3.63, 3.8) is 0 Å². The molecular weight excluding hydrogens is 287 g/mol. The number of β-amino-alcohol motifs (C(OH)–C–C–N with tert-alkyl or cyclic N) is 1. The molecule has 0 aliphatic carbocycles. The minimum Gasteiger partial charge on any atom is -0.507 e. The van der Waals surface area contributed by atoms with E-state index in [0.29, 0.717) is 6.54 Å². The van der Waals surface area contributed by atoms with Crippen LogP contribution in [0.3, 0.4) is 0 Å². The summed E-state index contributed by atoms with van der Waals surface area (Å²) < 4.78 is 13.1. The van der Waals surface area contributed by atoms with E-state index in [9.17, 15) is 19.4 Å². The molecule has 1 saturated heterocycles. The molecule has 1 aromatic carbocycles. The number of hydrogen-bond acceptors (Lipinski definition) is 4. The summed E-state index contributed by atoms with van der Waals surface area (Å²) in [5, 5.41) is 22.1. The second-order valence-electron chi connectivity index (χ2n) is 6.01. The summed E-state index contributed by atoms with van der Waals surface area (Å²) >= 11 is 0. The third kappa shape index (κ3) is 4.68. The molecule has 0 radical (unpaired) electrons. The average Bonchev–Trinajstić information content (AvgIpc) is 2.49. The molecule has 1 heterocycles. The Hall–Kier alpha value is -1.66. The summed E-state index contributed by atoms with van der Waals surface area (Å²) in [5.74, 6) is -0.739. The van der Waals surface area contributed by atoms with Crippen LogP contribution in [0.5, 0.6) is 5.75 Å². The van der Waals surface area contributed by atoms with Crippen molar-refractivity contribution in [1.29, 1.82) is 0 Å². The maximum atomic E-state index is 13.1. The quantitative estimate of drug-likeness (QED) is 0.768. The van der Waals surface area contributed by atoms with Gasteiger partial charge in [-0.05, 0) is 50.0 Å². The standard InChI is InChI=1S/C16H23FN2O3/c1-11-4-6-19(7-5-11)10-13(20)9-18-16(22)14-8-12(17)2-3-15(14)21/h2-3,8,11,13,20-21H,4-7,9-10H2,1H3,(H,18,22). The van der Waals surface area contributed by atoms with E-state index in [-0.39, 0.29) is 17.9 Å². The zero-order chi connectivity index (χ0) is 16.1. The van der Waals surface area contributed by atoms with Gasteiger partial charge in [-0.3, -0.25) is 4.79 Å². The molecule has 1 fully saturated rings. The Morgan fingerprint density at radius 1 is 1.45 bits per heavy atom. The van der Waals surface area contributed by atoms with Gasteiger partial charge in [0.25, 0.3) is 5.91 Å². The van der Waals surface area contributed by atoms with E-state index >= 15 is 0 Å². The minimum absolute atomic E-state index is 0.0703. The number of carbonyl (C=O) groups is 1. The second kappa shape index (κ2) is 7.56. The lowest BCUT2D eigenvalue weighted by molar-refractivity contribution is 0.0793. The van der Waals surface area contributed by atoms with Crippen molar-refractivity contribution in [3.8, 4) is 5.75 Å². The number of phenols is 1. The zero-order valence-electron chi connectivity index (χ0n) is 12.8. The van der Waals surface area contributed by atoms with Crippen molar-refractivity contribution in [3.05, 3.63) is 29.6 Å². The van der Waals surface area contributed by atoms with Gasteiger partial charge < -0.3 is 20.4 Å². The normalized spacial score (nSPS) is 18.1. The lowest BCUT2D eigenvalue weighted by atomic mass is 9.99. The Morgan fingerprint density at radius 3 is 2.82 bits per heavy atom. The predicted octanol–water partition coefficient (Wildman–Crippen LogP) is 1.35. The first-order valence-corrected chi connectivity index (χ1v) is 7.63. The fourth-order valence-corrected chi connectivity index (χ4v) is 2.60. The van der Waals surface area contributed by atoms with Crippen molar-refractivity contribution in [2.45, 2.75) is 25.9 Å². The molecule has 2 rings (SSSR count). The molecule has 3 N–H and O–H groups in total. The minimum atomic E-state index is -0.687. The summed E-state index contributed by atoms with van der Waals surface area (Å²) in [6, 6.07) is 3.19. The monoisotopic (exact) mass is 310 g/mol. The van der Waals surface area contributed by atoms with Crippen molar-refractivity contribution in [2.75, 3.05) is 26.2 Å². The van der Waals surface area contributed by atoms with Crippen LogP contribution in [-0.4, -0.2) is 53.3 Å². The number of carbonyl (C=O) groups excluding carboxylic acids is 1. The molecule has 1 aliphatic heterocycles. The molecule has 1 aromatic rings. The van der Waals surface area contributed by atoms with Crippen LogP contribution < -0.4 is 5.32 Å². The Morgan fingerprint density at radius 2 is 2.14 bits per heavy atom. The van der Waals surface area contributed by atoms with Gasteiger partial charge in [0.2, 0.25) is 0 Å². The van der Waals surface area contributed by atoms with Crippen LogP contribution in [-0.2, 0) is 0 Å². The Balaban J connectivity index is 1.79. The molecule has 1 aliphatic rings. The van der Waals surface area contributed by atoms with E-state index in [4.69, 9.17) is 0 Å². The Bertz CT molecular complexity index is 516. The summed E-state index contributed by atoms with van der Waals surface area (Å²) in [4.78, 5) is 14.1. The van der Waals surface area contributed by atoms with Gasteiger partial charge in [0.1, 0.15) is 11.6 Å². The highest BCUT2D eigenvalue weighted by molar-refractivity contribution is 5.96. The average molecular weight is 310 g/mol. The van der Waals surface area contributed by atoms with Crippen molar-refractivity contribution < 1.29 is 19.4 Å². The molecular formula is C16H23FN2O3. The smallest absolute Gasteiger partial charge is 0.255 e. The molecule has 6 heteroatoms. The largest absolute Gasteiger partial charge is 0.507 e. The van der Waals surface area contributed by atoms with Gasteiger partial charge in [0, 0.05) is 13.1 Å². The summed E-state index contributed by atoms with van der Waals surface area (Å²) in [7, 11) is 0. The highest BCUT2D eigenvalue weighted by Gasteiger charge is 2.19. The van der Waals surface area contributed by atoms with E-state index in [2.05, 4.69) is 17.1 Å². The molecule has 1 amide bonds. The number of aliphatic hydroxyl groups excluding tert-OH is 1. The Kier molecular flexibility index (Phi) is 5.74. The van der Waals surface area contributed by atoms with Crippen LogP contribution in [0.4, 0.5) is 4.39 Å². The van der Waals surface area contributed by atoms with Crippen molar-refractivity contribution in [1.82, 2.24) is 10.2 Å². The van der Waals surface area contributed by atoms with Crippen LogP contribution in [0.15, 0.2) is 18.2 Å². The van der Waals surface area contributed by atoms with Crippen molar-refractivity contribution >= 4 is 5.91 Å². The molecule has 1 atom stereocenters. The fourth-order valence-electron chi connectivity index (χ4n) is 2.60. The van der Waals surface area contributed by atoms with Gasteiger partial charge >= 0.3 is 0 Å². The molecule has 122 valence electrons. The number of nitrogens with one attached hydrogen (secondary N) is 1. The number of amides is 1. The number of aliphatic hydroxyl groups is 1. The molecule has 0 bridgehead atoms. The van der Waals surface area contributed by atoms with E-state index < -0.39 is 17.8 Å². The van der Waals surface area contributed by atoms with Gasteiger partial charge in [-0.1, -0.05) is 6.92 Å². The highest BCUT2D eigenvalue weighted by Crippen LogP contribution is 2.18. The summed E-state index contributed by atoms with van der Waals surface area (Å²) in [5.41, 5.74) is -0.126. The number of aromatic hydroxyl groups is 1. The number of phenolic OH excluding ortho intramolecular Hbond substituents is 1. The SMILES string of the molecule is CC1CCN(CC(O)CNC(=O)c2cc(F)ccc2O)CC1. The van der Waals surface area contributed by atoms with Crippen LogP contribution in [0, 0.1) is 11.7 Å². The summed E-state index contributed by atoms with van der Waals surface area (Å²) in [6.07, 6.45) is 1.56. The number of nitrogens with zero attached hydrogens (tertiary/aromatic N) is 1.